The van der Waals surface area contributed by atoms with Gasteiger partial charge in [0.2, 0.25) is 5.60 Å². The van der Waals surface area contributed by atoms with Crippen LogP contribution in [0, 0.1) is 6.92 Å². The number of ether oxygens (including phenoxy) is 1. The van der Waals surface area contributed by atoms with E-state index in [1.807, 2.05) is 0 Å². The number of carbonyl (C=O) groups is 1. The van der Waals surface area contributed by atoms with Crippen molar-refractivity contribution in [1.29, 1.82) is 0 Å². The van der Waals surface area contributed by atoms with Crippen molar-refractivity contribution in [3.05, 3.63) is 74.3 Å². The van der Waals surface area contributed by atoms with Gasteiger partial charge in [0, 0.05) is 26.7 Å². The molecule has 0 amide bonds. The zero-order chi connectivity index (χ0) is 21.6. The van der Waals surface area contributed by atoms with Crippen molar-refractivity contribution < 1.29 is 27.5 Å². The zero-order valence-electron chi connectivity index (χ0n) is 15.6. The number of hydrogen-bond acceptors (Lipinski definition) is 4. The summed E-state index contributed by atoms with van der Waals surface area (Å²) in [6, 6.07) is 8.27. The Labute approximate surface area is 175 Å². The summed E-state index contributed by atoms with van der Waals surface area (Å²) >= 11 is 11.9. The molecule has 29 heavy (non-hydrogen) atoms. The Balaban J connectivity index is 2.18. The normalized spacial score (nSPS) is 19.3. The van der Waals surface area contributed by atoms with Crippen molar-refractivity contribution in [2.75, 3.05) is 7.11 Å². The van der Waals surface area contributed by atoms with Gasteiger partial charge in [-0.05, 0) is 49.7 Å². The number of nitrogens with one attached hydrogen (secondary N) is 1. The molecule has 1 aliphatic rings. The second-order valence-electron chi connectivity index (χ2n) is 6.56. The predicted octanol–water partition coefficient (Wildman–Crippen LogP) is 5.81. The molecule has 0 aliphatic carbocycles. The maximum atomic E-state index is 14.3. The fraction of sp³-hybridized carbons (Fsp3) is 0.250. The summed E-state index contributed by atoms with van der Waals surface area (Å²) in [6.07, 6.45) is -4.80. The van der Waals surface area contributed by atoms with E-state index in [-0.39, 0.29) is 26.9 Å². The van der Waals surface area contributed by atoms with Crippen molar-refractivity contribution in [2.24, 2.45) is 0 Å². The first-order valence-corrected chi connectivity index (χ1v) is 9.15. The van der Waals surface area contributed by atoms with Gasteiger partial charge in [0.25, 0.3) is 0 Å². The minimum Gasteiger partial charge on any atom is -0.465 e. The van der Waals surface area contributed by atoms with Gasteiger partial charge in [0.1, 0.15) is 0 Å². The van der Waals surface area contributed by atoms with Crippen LogP contribution in [0.1, 0.15) is 34.0 Å². The Kier molecular flexibility index (Phi) is 5.60. The average Bonchev–Trinajstić information content (AvgIpc) is 2.98. The van der Waals surface area contributed by atoms with Gasteiger partial charge in [0.05, 0.1) is 18.4 Å². The molecule has 0 spiro atoms. The van der Waals surface area contributed by atoms with Crippen LogP contribution in [0.2, 0.25) is 10.0 Å². The minimum atomic E-state index is -4.80. The summed E-state index contributed by atoms with van der Waals surface area (Å²) < 4.78 is 47.5. The van der Waals surface area contributed by atoms with Gasteiger partial charge in [-0.3, -0.25) is 10.3 Å². The second-order valence-corrected chi connectivity index (χ2v) is 7.44. The summed E-state index contributed by atoms with van der Waals surface area (Å²) in [5.41, 5.74) is 0.695. The van der Waals surface area contributed by atoms with E-state index in [9.17, 15) is 18.0 Å². The van der Waals surface area contributed by atoms with Crippen molar-refractivity contribution in [1.82, 2.24) is 5.48 Å². The standard InChI is InChI=1S/C20H16Cl2F3NO3/c1-10-6-12(4-5-16(10)18(27)28-3)17-11(2)19(29-26-17,20(23,24)25)13-7-14(21)9-15(22)8-13/h4-9,26H,1-3H3. The molecule has 0 radical (unpaired) electrons. The molecule has 0 aromatic heterocycles. The summed E-state index contributed by atoms with van der Waals surface area (Å²) in [4.78, 5) is 16.9. The van der Waals surface area contributed by atoms with Crippen molar-refractivity contribution in [2.45, 2.75) is 25.6 Å². The van der Waals surface area contributed by atoms with Crippen LogP contribution in [0.15, 0.2) is 42.0 Å². The highest BCUT2D eigenvalue weighted by Gasteiger charge is 2.63. The van der Waals surface area contributed by atoms with Crippen molar-refractivity contribution in [3.63, 3.8) is 0 Å². The zero-order valence-corrected chi connectivity index (χ0v) is 17.1. The van der Waals surface area contributed by atoms with Gasteiger partial charge in [0.15, 0.2) is 0 Å². The molecule has 1 atom stereocenters. The Morgan fingerprint density at radius 2 is 1.72 bits per heavy atom. The van der Waals surface area contributed by atoms with Crippen LogP contribution in [0.5, 0.6) is 0 Å². The van der Waals surface area contributed by atoms with E-state index >= 15 is 0 Å². The molecule has 1 unspecified atom stereocenters. The number of alkyl halides is 3. The van der Waals surface area contributed by atoms with Crippen LogP contribution >= 0.6 is 23.2 Å². The third kappa shape index (κ3) is 3.58. The van der Waals surface area contributed by atoms with E-state index in [2.05, 4.69) is 5.48 Å². The van der Waals surface area contributed by atoms with Crippen LogP contribution < -0.4 is 5.48 Å². The highest BCUT2D eigenvalue weighted by Crippen LogP contribution is 2.52. The highest BCUT2D eigenvalue weighted by molar-refractivity contribution is 6.34. The van der Waals surface area contributed by atoms with Gasteiger partial charge in [-0.15, -0.1) is 0 Å². The van der Waals surface area contributed by atoms with E-state index in [4.69, 9.17) is 32.8 Å². The molecule has 1 N–H and O–H groups in total. The number of esters is 1. The van der Waals surface area contributed by atoms with E-state index in [1.165, 1.54) is 44.4 Å². The van der Waals surface area contributed by atoms with Gasteiger partial charge in [-0.1, -0.05) is 29.3 Å². The van der Waals surface area contributed by atoms with Crippen molar-refractivity contribution >= 4 is 34.9 Å². The SMILES string of the molecule is COC(=O)c1ccc(C2=C(C)C(c3cc(Cl)cc(Cl)c3)(C(F)(F)F)ON2)cc1C. The Hall–Kier alpha value is -2.22. The monoisotopic (exact) mass is 445 g/mol. The maximum absolute atomic E-state index is 14.3. The molecule has 9 heteroatoms. The molecule has 4 nitrogen and oxygen atoms in total. The molecular weight excluding hydrogens is 430 g/mol. The van der Waals surface area contributed by atoms with Crippen LogP contribution in [-0.4, -0.2) is 19.3 Å². The van der Waals surface area contributed by atoms with Gasteiger partial charge < -0.3 is 4.74 Å². The number of rotatable bonds is 3. The molecule has 0 saturated carbocycles. The van der Waals surface area contributed by atoms with E-state index in [0.717, 1.165) is 0 Å². The molecule has 0 fully saturated rings. The molecule has 0 bridgehead atoms. The minimum absolute atomic E-state index is 0.0549. The number of halogens is 5. The number of hydroxylamine groups is 1. The number of benzene rings is 2. The summed E-state index contributed by atoms with van der Waals surface area (Å²) in [5.74, 6) is -0.534. The topological polar surface area (TPSA) is 47.6 Å². The molecule has 3 rings (SSSR count). The molecule has 0 saturated heterocycles. The van der Waals surface area contributed by atoms with Gasteiger partial charge in [-0.2, -0.15) is 13.2 Å². The Morgan fingerprint density at radius 3 is 2.24 bits per heavy atom. The lowest BCUT2D eigenvalue weighted by molar-refractivity contribution is -0.273. The fourth-order valence-electron chi connectivity index (χ4n) is 3.36. The average molecular weight is 446 g/mol. The van der Waals surface area contributed by atoms with Crippen molar-refractivity contribution in [3.8, 4) is 0 Å². The van der Waals surface area contributed by atoms with Crippen LogP contribution in [0.3, 0.4) is 0 Å². The molecule has 2 aromatic rings. The van der Waals surface area contributed by atoms with E-state index in [1.54, 1.807) is 13.0 Å². The third-order valence-electron chi connectivity index (χ3n) is 4.80. The highest BCUT2D eigenvalue weighted by atomic mass is 35.5. The lowest BCUT2D eigenvalue weighted by atomic mass is 9.84. The summed E-state index contributed by atoms with van der Waals surface area (Å²) in [6.45, 7) is 2.98. The maximum Gasteiger partial charge on any atom is 0.428 e. The first-order valence-electron chi connectivity index (χ1n) is 8.39. The molecule has 1 aliphatic heterocycles. The predicted molar refractivity (Wildman–Crippen MR) is 104 cm³/mol. The lowest BCUT2D eigenvalue weighted by Gasteiger charge is -2.31. The second kappa shape index (κ2) is 7.55. The van der Waals surface area contributed by atoms with Crippen LogP contribution in [-0.2, 0) is 15.2 Å². The number of methoxy groups -OCH3 is 1. The summed E-state index contributed by atoms with van der Waals surface area (Å²) in [7, 11) is 1.25. The number of hydrogen-bond donors (Lipinski definition) is 1. The number of carbonyl (C=O) groups excluding carboxylic acids is 1. The lowest BCUT2D eigenvalue weighted by Crippen LogP contribution is -2.44. The largest absolute Gasteiger partial charge is 0.465 e. The Morgan fingerprint density at radius 1 is 1.10 bits per heavy atom. The van der Waals surface area contributed by atoms with E-state index in [0.29, 0.717) is 16.7 Å². The number of aryl methyl sites for hydroxylation is 1. The quantitative estimate of drug-likeness (QED) is 0.605. The Bertz CT molecular complexity index is 1000. The third-order valence-corrected chi connectivity index (χ3v) is 5.23. The fourth-order valence-corrected chi connectivity index (χ4v) is 3.88. The summed E-state index contributed by atoms with van der Waals surface area (Å²) in [5, 5.41) is 0.110. The first-order chi connectivity index (χ1) is 13.5. The first kappa shape index (κ1) is 21.5. The van der Waals surface area contributed by atoms with Crippen LogP contribution in [0.25, 0.3) is 5.70 Å². The molecule has 154 valence electrons. The molecular formula is C20H16Cl2F3NO3. The van der Waals surface area contributed by atoms with Crippen LogP contribution in [0.4, 0.5) is 13.2 Å². The van der Waals surface area contributed by atoms with Gasteiger partial charge in [-0.25, -0.2) is 4.79 Å². The van der Waals surface area contributed by atoms with Gasteiger partial charge >= 0.3 is 12.1 Å². The smallest absolute Gasteiger partial charge is 0.428 e. The van der Waals surface area contributed by atoms with E-state index < -0.39 is 17.7 Å². The molecule has 2 aromatic carbocycles. The molecule has 1 heterocycles.